The molecule has 2 heterocycles. The molecule has 2 atom stereocenters. The highest BCUT2D eigenvalue weighted by molar-refractivity contribution is 6.31. The van der Waals surface area contributed by atoms with Crippen molar-refractivity contribution >= 4 is 23.6 Å². The van der Waals surface area contributed by atoms with Gasteiger partial charge in [0.25, 0.3) is 0 Å². The summed E-state index contributed by atoms with van der Waals surface area (Å²) in [4.78, 5) is 26.2. The van der Waals surface area contributed by atoms with Gasteiger partial charge in [0.05, 0.1) is 17.7 Å². The van der Waals surface area contributed by atoms with Crippen LogP contribution in [0.1, 0.15) is 31.4 Å². The fraction of sp³-hybridized carbons (Fsp3) is 0.444. The molecule has 6 nitrogen and oxygen atoms in total. The second kappa shape index (κ2) is 7.63. The standard InChI is InChI=1S/C18H20ClFN2O4/c1-10-14(17(23)26-9-11-5-4-8-25-11)16(21-18(24)22(10)2)15-12(19)6-3-7-13(15)20/h3,6-7,11,16H,4-5,8-9H2,1-2H3,(H,21,24)/t11-,16+/m1/s1. The van der Waals surface area contributed by atoms with E-state index in [-0.39, 0.29) is 28.9 Å². The molecule has 0 radical (unpaired) electrons. The van der Waals surface area contributed by atoms with Crippen LogP contribution in [-0.4, -0.2) is 43.3 Å². The number of carbonyl (C=O) groups is 2. The number of esters is 1. The summed E-state index contributed by atoms with van der Waals surface area (Å²) in [7, 11) is 1.53. The van der Waals surface area contributed by atoms with Crippen LogP contribution < -0.4 is 5.32 Å². The van der Waals surface area contributed by atoms with E-state index >= 15 is 0 Å². The summed E-state index contributed by atoms with van der Waals surface area (Å²) in [5.74, 6) is -1.24. The van der Waals surface area contributed by atoms with E-state index in [1.807, 2.05) is 0 Å². The Morgan fingerprint density at radius 3 is 2.92 bits per heavy atom. The largest absolute Gasteiger partial charge is 0.459 e. The van der Waals surface area contributed by atoms with Gasteiger partial charge in [0.15, 0.2) is 0 Å². The molecular weight excluding hydrogens is 363 g/mol. The monoisotopic (exact) mass is 382 g/mol. The number of nitrogens with zero attached hydrogens (tertiary/aromatic N) is 1. The Balaban J connectivity index is 1.93. The molecule has 8 heteroatoms. The van der Waals surface area contributed by atoms with Gasteiger partial charge in [-0.25, -0.2) is 14.0 Å². The van der Waals surface area contributed by atoms with E-state index in [4.69, 9.17) is 21.1 Å². The van der Waals surface area contributed by atoms with Gasteiger partial charge in [-0.3, -0.25) is 0 Å². The van der Waals surface area contributed by atoms with Crippen LogP contribution in [0.4, 0.5) is 9.18 Å². The molecule has 140 valence electrons. The quantitative estimate of drug-likeness (QED) is 0.812. The number of urea groups is 1. The third-order valence-electron chi connectivity index (χ3n) is 4.69. The zero-order valence-electron chi connectivity index (χ0n) is 14.6. The predicted molar refractivity (Wildman–Crippen MR) is 93.1 cm³/mol. The lowest BCUT2D eigenvalue weighted by Crippen LogP contribution is -2.46. The topological polar surface area (TPSA) is 67.9 Å². The van der Waals surface area contributed by atoms with Crippen LogP contribution >= 0.6 is 11.6 Å². The first-order chi connectivity index (χ1) is 12.4. The molecule has 0 aromatic heterocycles. The van der Waals surface area contributed by atoms with Gasteiger partial charge in [0.2, 0.25) is 0 Å². The Kier molecular flexibility index (Phi) is 5.48. The molecule has 26 heavy (non-hydrogen) atoms. The fourth-order valence-electron chi connectivity index (χ4n) is 3.13. The van der Waals surface area contributed by atoms with E-state index in [1.165, 1.54) is 30.1 Å². The van der Waals surface area contributed by atoms with Crippen LogP contribution in [-0.2, 0) is 14.3 Å². The van der Waals surface area contributed by atoms with E-state index in [0.29, 0.717) is 12.3 Å². The second-order valence-corrected chi connectivity index (χ2v) is 6.72. The number of halogens is 2. The summed E-state index contributed by atoms with van der Waals surface area (Å²) >= 11 is 6.15. The molecule has 0 aliphatic carbocycles. The van der Waals surface area contributed by atoms with Crippen molar-refractivity contribution in [2.24, 2.45) is 0 Å². The maximum Gasteiger partial charge on any atom is 0.338 e. The number of hydrogen-bond donors (Lipinski definition) is 1. The number of benzene rings is 1. The highest BCUT2D eigenvalue weighted by Crippen LogP contribution is 2.35. The zero-order valence-corrected chi connectivity index (χ0v) is 15.3. The number of amides is 2. The Bertz CT molecular complexity index is 741. The maximum absolute atomic E-state index is 14.4. The van der Waals surface area contributed by atoms with E-state index in [0.717, 1.165) is 12.8 Å². The first-order valence-corrected chi connectivity index (χ1v) is 8.75. The predicted octanol–water partition coefficient (Wildman–Crippen LogP) is 3.17. The van der Waals surface area contributed by atoms with Crippen LogP contribution in [0.15, 0.2) is 29.5 Å². The molecule has 0 spiro atoms. The Morgan fingerprint density at radius 1 is 1.50 bits per heavy atom. The van der Waals surface area contributed by atoms with Crippen molar-refractivity contribution in [2.45, 2.75) is 31.9 Å². The minimum atomic E-state index is -1.02. The van der Waals surface area contributed by atoms with Crippen molar-refractivity contribution in [3.8, 4) is 0 Å². The summed E-state index contributed by atoms with van der Waals surface area (Å²) in [5.41, 5.74) is 0.576. The van der Waals surface area contributed by atoms with Gasteiger partial charge in [-0.05, 0) is 31.9 Å². The van der Waals surface area contributed by atoms with Crippen LogP contribution in [0, 0.1) is 5.82 Å². The van der Waals surface area contributed by atoms with E-state index < -0.39 is 23.9 Å². The number of hydrogen-bond acceptors (Lipinski definition) is 4. The molecule has 0 bridgehead atoms. The maximum atomic E-state index is 14.4. The smallest absolute Gasteiger partial charge is 0.338 e. The average Bonchev–Trinajstić information content (AvgIpc) is 3.11. The molecule has 2 aliphatic heterocycles. The molecule has 1 N–H and O–H groups in total. The summed E-state index contributed by atoms with van der Waals surface area (Å²) in [6.45, 7) is 2.38. The molecule has 2 amide bonds. The fourth-order valence-corrected chi connectivity index (χ4v) is 3.40. The van der Waals surface area contributed by atoms with Crippen LogP contribution in [0.2, 0.25) is 5.02 Å². The lowest BCUT2D eigenvalue weighted by molar-refractivity contribution is -0.142. The molecular formula is C18H20ClFN2O4. The van der Waals surface area contributed by atoms with Crippen LogP contribution in [0.5, 0.6) is 0 Å². The van der Waals surface area contributed by atoms with Crippen molar-refractivity contribution in [1.29, 1.82) is 0 Å². The van der Waals surface area contributed by atoms with Gasteiger partial charge < -0.3 is 19.7 Å². The summed E-state index contributed by atoms with van der Waals surface area (Å²) in [5, 5.41) is 2.75. The number of rotatable bonds is 4. The first kappa shape index (κ1) is 18.7. The Hall–Kier alpha value is -2.12. The third-order valence-corrected chi connectivity index (χ3v) is 5.02. The second-order valence-electron chi connectivity index (χ2n) is 6.31. The van der Waals surface area contributed by atoms with Crippen LogP contribution in [0.3, 0.4) is 0 Å². The highest BCUT2D eigenvalue weighted by atomic mass is 35.5. The molecule has 0 unspecified atom stereocenters. The van der Waals surface area contributed by atoms with Gasteiger partial charge in [0.1, 0.15) is 12.4 Å². The van der Waals surface area contributed by atoms with Gasteiger partial charge in [-0.1, -0.05) is 17.7 Å². The molecule has 1 saturated heterocycles. The normalized spacial score (nSPS) is 23.2. The number of ether oxygens (including phenoxy) is 2. The van der Waals surface area contributed by atoms with Gasteiger partial charge in [0, 0.05) is 29.9 Å². The number of nitrogens with one attached hydrogen (secondary N) is 1. The van der Waals surface area contributed by atoms with Crippen molar-refractivity contribution in [3.63, 3.8) is 0 Å². The molecule has 0 saturated carbocycles. The molecule has 1 aromatic rings. The number of carbonyl (C=O) groups excluding carboxylic acids is 2. The average molecular weight is 383 g/mol. The van der Waals surface area contributed by atoms with E-state index in [1.54, 1.807) is 6.92 Å². The summed E-state index contributed by atoms with van der Waals surface area (Å²) < 4.78 is 25.2. The van der Waals surface area contributed by atoms with E-state index in [9.17, 15) is 14.0 Å². The van der Waals surface area contributed by atoms with Crippen molar-refractivity contribution < 1.29 is 23.5 Å². The zero-order chi connectivity index (χ0) is 18.8. The minimum absolute atomic E-state index is 0.0408. The lowest BCUT2D eigenvalue weighted by atomic mass is 9.94. The van der Waals surface area contributed by atoms with Gasteiger partial charge >= 0.3 is 12.0 Å². The molecule has 2 aliphatic rings. The number of allylic oxidation sites excluding steroid dienone is 1. The highest BCUT2D eigenvalue weighted by Gasteiger charge is 2.37. The van der Waals surface area contributed by atoms with Gasteiger partial charge in [-0.2, -0.15) is 0 Å². The SMILES string of the molecule is CC1=C(C(=O)OC[C@H]2CCCO2)[C@@H](c2c(F)cccc2Cl)NC(=O)N1C. The summed E-state index contributed by atoms with van der Waals surface area (Å²) in [6.07, 6.45) is 1.62. The van der Waals surface area contributed by atoms with Crippen LogP contribution in [0.25, 0.3) is 0 Å². The minimum Gasteiger partial charge on any atom is -0.459 e. The van der Waals surface area contributed by atoms with E-state index in [2.05, 4.69) is 5.32 Å². The Labute approximate surface area is 155 Å². The third kappa shape index (κ3) is 3.54. The summed E-state index contributed by atoms with van der Waals surface area (Å²) in [6, 6.07) is 2.72. The Morgan fingerprint density at radius 2 is 2.27 bits per heavy atom. The molecule has 3 rings (SSSR count). The van der Waals surface area contributed by atoms with Crippen molar-refractivity contribution in [3.05, 3.63) is 45.9 Å². The van der Waals surface area contributed by atoms with Gasteiger partial charge in [-0.15, -0.1) is 0 Å². The first-order valence-electron chi connectivity index (χ1n) is 8.37. The molecule has 1 aromatic carbocycles. The molecule has 1 fully saturated rings. The van der Waals surface area contributed by atoms with Crippen molar-refractivity contribution in [2.75, 3.05) is 20.3 Å². The lowest BCUT2D eigenvalue weighted by Gasteiger charge is -2.33. The van der Waals surface area contributed by atoms with Crippen molar-refractivity contribution in [1.82, 2.24) is 10.2 Å².